The van der Waals surface area contributed by atoms with Crippen LogP contribution in [0.2, 0.25) is 0 Å². The molecule has 0 bridgehead atoms. The first-order valence-corrected chi connectivity index (χ1v) is 10.4. The fraction of sp³-hybridized carbons (Fsp3) is 0.462. The van der Waals surface area contributed by atoms with Gasteiger partial charge in [-0.2, -0.15) is 0 Å². The molecule has 0 spiro atoms. The Hall–Kier alpha value is -1.52. The maximum atomic E-state index is 13.0. The largest absolute Gasteiger partial charge is 0.386 e. The highest BCUT2D eigenvalue weighted by molar-refractivity contribution is 7.91. The lowest BCUT2D eigenvalue weighted by molar-refractivity contribution is -0.120. The molecular weight excluding hydrogens is 349 g/mol. The lowest BCUT2D eigenvalue weighted by Gasteiger charge is -2.22. The van der Waals surface area contributed by atoms with Crippen molar-refractivity contribution in [3.05, 3.63) is 29.8 Å². The van der Waals surface area contributed by atoms with Crippen molar-refractivity contribution in [2.75, 3.05) is 24.9 Å². The summed E-state index contributed by atoms with van der Waals surface area (Å²) in [5.41, 5.74) is 0.194. The number of sulfone groups is 2. The van der Waals surface area contributed by atoms with Crippen LogP contribution in [-0.4, -0.2) is 58.8 Å². The highest BCUT2D eigenvalue weighted by Gasteiger charge is 2.24. The van der Waals surface area contributed by atoms with Crippen molar-refractivity contribution in [1.29, 1.82) is 0 Å². The van der Waals surface area contributed by atoms with Gasteiger partial charge in [0.15, 0.2) is 19.7 Å². The SMILES string of the molecule is CS(=O)(=O)CC(=O)NC(CF)C(O)c1ccc(S(C)(=O)=O)cc1. The summed E-state index contributed by atoms with van der Waals surface area (Å²) >= 11 is 0. The summed E-state index contributed by atoms with van der Waals surface area (Å²) in [5.74, 6) is -1.74. The summed E-state index contributed by atoms with van der Waals surface area (Å²) in [7, 11) is -6.97. The number of hydrogen-bond acceptors (Lipinski definition) is 6. The Morgan fingerprint density at radius 1 is 1.17 bits per heavy atom. The molecule has 0 aliphatic rings. The van der Waals surface area contributed by atoms with E-state index in [2.05, 4.69) is 5.32 Å². The Labute approximate surface area is 134 Å². The van der Waals surface area contributed by atoms with E-state index in [0.29, 0.717) is 0 Å². The van der Waals surface area contributed by atoms with Crippen LogP contribution in [0.3, 0.4) is 0 Å². The molecule has 1 aromatic rings. The van der Waals surface area contributed by atoms with Gasteiger partial charge in [-0.1, -0.05) is 12.1 Å². The zero-order chi connectivity index (χ0) is 17.8. The number of alkyl halides is 1. The summed E-state index contributed by atoms with van der Waals surface area (Å²) in [6.07, 6.45) is 0.433. The van der Waals surface area contributed by atoms with Gasteiger partial charge in [0, 0.05) is 12.5 Å². The van der Waals surface area contributed by atoms with Gasteiger partial charge in [0.2, 0.25) is 5.91 Å². The second kappa shape index (κ2) is 7.37. The van der Waals surface area contributed by atoms with Crippen LogP contribution in [0.4, 0.5) is 4.39 Å². The van der Waals surface area contributed by atoms with Crippen molar-refractivity contribution in [3.8, 4) is 0 Å². The number of aliphatic hydroxyl groups is 1. The molecule has 2 N–H and O–H groups in total. The van der Waals surface area contributed by atoms with Crippen LogP contribution in [-0.2, 0) is 24.5 Å². The molecule has 0 aliphatic carbocycles. The number of aliphatic hydroxyl groups excluding tert-OH is 1. The van der Waals surface area contributed by atoms with Crippen molar-refractivity contribution in [1.82, 2.24) is 5.32 Å². The molecule has 1 rings (SSSR count). The Morgan fingerprint density at radius 3 is 2.09 bits per heavy atom. The molecule has 0 radical (unpaired) electrons. The van der Waals surface area contributed by atoms with Crippen LogP contribution in [0.1, 0.15) is 11.7 Å². The van der Waals surface area contributed by atoms with E-state index in [4.69, 9.17) is 0 Å². The van der Waals surface area contributed by atoms with E-state index in [-0.39, 0.29) is 10.5 Å². The monoisotopic (exact) mass is 367 g/mol. The lowest BCUT2D eigenvalue weighted by atomic mass is 10.0. The zero-order valence-electron chi connectivity index (χ0n) is 12.6. The van der Waals surface area contributed by atoms with E-state index in [0.717, 1.165) is 12.5 Å². The highest BCUT2D eigenvalue weighted by Crippen LogP contribution is 2.20. The average Bonchev–Trinajstić information content (AvgIpc) is 2.41. The van der Waals surface area contributed by atoms with Gasteiger partial charge >= 0.3 is 0 Å². The molecular formula is C13H18FNO6S2. The number of rotatable bonds is 7. The smallest absolute Gasteiger partial charge is 0.235 e. The zero-order valence-corrected chi connectivity index (χ0v) is 14.2. The standard InChI is InChI=1S/C13H18FNO6S2/c1-22(18,19)8-12(16)15-11(7-14)13(17)9-3-5-10(6-4-9)23(2,20)21/h3-6,11,13,17H,7-8H2,1-2H3,(H,15,16). The maximum absolute atomic E-state index is 13.0. The molecule has 0 fully saturated rings. The van der Waals surface area contributed by atoms with Crippen LogP contribution in [0.15, 0.2) is 29.2 Å². The number of halogens is 1. The van der Waals surface area contributed by atoms with Gasteiger partial charge in [-0.15, -0.1) is 0 Å². The van der Waals surface area contributed by atoms with E-state index in [9.17, 15) is 31.1 Å². The van der Waals surface area contributed by atoms with Crippen molar-refractivity contribution in [3.63, 3.8) is 0 Å². The molecule has 2 unspecified atom stereocenters. The second-order valence-electron chi connectivity index (χ2n) is 5.18. The number of nitrogens with one attached hydrogen (secondary N) is 1. The lowest BCUT2D eigenvalue weighted by Crippen LogP contribution is -2.43. The van der Waals surface area contributed by atoms with Gasteiger partial charge in [-0.3, -0.25) is 4.79 Å². The minimum atomic E-state index is -3.57. The first-order valence-electron chi connectivity index (χ1n) is 6.45. The number of carbonyl (C=O) groups excluding carboxylic acids is 1. The third kappa shape index (κ3) is 6.24. The topological polar surface area (TPSA) is 118 Å². The fourth-order valence-corrected chi connectivity index (χ4v) is 3.02. The first kappa shape index (κ1) is 19.5. The van der Waals surface area contributed by atoms with E-state index < -0.39 is 50.2 Å². The third-order valence-electron chi connectivity index (χ3n) is 2.94. The average molecular weight is 367 g/mol. The summed E-state index contributed by atoms with van der Waals surface area (Å²) in [5, 5.41) is 12.2. The molecule has 0 aliphatic heterocycles. The first-order chi connectivity index (χ1) is 10.4. The minimum Gasteiger partial charge on any atom is -0.386 e. The Balaban J connectivity index is 2.88. The normalized spacial score (nSPS) is 15.0. The van der Waals surface area contributed by atoms with Gasteiger partial charge in [0.25, 0.3) is 0 Å². The van der Waals surface area contributed by atoms with E-state index in [1.165, 1.54) is 24.3 Å². The number of carbonyl (C=O) groups is 1. The number of hydrogen-bond donors (Lipinski definition) is 2. The van der Waals surface area contributed by atoms with Gasteiger partial charge < -0.3 is 10.4 Å². The summed E-state index contributed by atoms with van der Waals surface area (Å²) in [6.45, 7) is -1.12. The molecule has 23 heavy (non-hydrogen) atoms. The summed E-state index contributed by atoms with van der Waals surface area (Å²) < 4.78 is 57.7. The van der Waals surface area contributed by atoms with Gasteiger partial charge in [0.1, 0.15) is 18.5 Å². The van der Waals surface area contributed by atoms with E-state index in [1.807, 2.05) is 0 Å². The predicted octanol–water partition coefficient (Wildman–Crippen LogP) is -0.378. The van der Waals surface area contributed by atoms with Crippen molar-refractivity contribution in [2.45, 2.75) is 17.0 Å². The highest BCUT2D eigenvalue weighted by atomic mass is 32.2. The molecule has 7 nitrogen and oxygen atoms in total. The van der Waals surface area contributed by atoms with Crippen molar-refractivity contribution in [2.24, 2.45) is 0 Å². The molecule has 130 valence electrons. The van der Waals surface area contributed by atoms with Crippen LogP contribution in [0.5, 0.6) is 0 Å². The molecule has 1 amide bonds. The molecule has 10 heteroatoms. The van der Waals surface area contributed by atoms with Gasteiger partial charge in [-0.05, 0) is 17.7 Å². The molecule has 0 heterocycles. The molecule has 0 aromatic heterocycles. The molecule has 2 atom stereocenters. The number of amides is 1. The van der Waals surface area contributed by atoms with Crippen molar-refractivity contribution >= 4 is 25.6 Å². The van der Waals surface area contributed by atoms with E-state index in [1.54, 1.807) is 0 Å². The van der Waals surface area contributed by atoms with Gasteiger partial charge in [-0.25, -0.2) is 21.2 Å². The van der Waals surface area contributed by atoms with Gasteiger partial charge in [0.05, 0.1) is 10.9 Å². The van der Waals surface area contributed by atoms with Crippen LogP contribution in [0, 0.1) is 0 Å². The number of benzene rings is 1. The maximum Gasteiger partial charge on any atom is 0.235 e. The molecule has 1 aromatic carbocycles. The van der Waals surface area contributed by atoms with Crippen LogP contribution < -0.4 is 5.32 Å². The summed E-state index contributed by atoms with van der Waals surface area (Å²) in [4.78, 5) is 11.5. The Kier molecular flexibility index (Phi) is 6.25. The van der Waals surface area contributed by atoms with Crippen LogP contribution >= 0.6 is 0 Å². The summed E-state index contributed by atoms with van der Waals surface area (Å²) in [6, 6.07) is 3.76. The van der Waals surface area contributed by atoms with E-state index >= 15 is 0 Å². The third-order valence-corrected chi connectivity index (χ3v) is 4.85. The fourth-order valence-electron chi connectivity index (χ4n) is 1.83. The van der Waals surface area contributed by atoms with Crippen LogP contribution in [0.25, 0.3) is 0 Å². The molecule has 0 saturated carbocycles. The molecule has 0 saturated heterocycles. The second-order valence-corrected chi connectivity index (χ2v) is 9.34. The quantitative estimate of drug-likeness (QED) is 0.678. The Morgan fingerprint density at radius 2 is 1.70 bits per heavy atom. The minimum absolute atomic E-state index is 0.0337. The Bertz CT molecular complexity index is 758. The predicted molar refractivity (Wildman–Crippen MR) is 82.1 cm³/mol. The van der Waals surface area contributed by atoms with Crippen molar-refractivity contribution < 1.29 is 31.1 Å².